The molecule has 2 nitrogen and oxygen atoms in total. The van der Waals surface area contributed by atoms with Gasteiger partial charge in [0.25, 0.3) is 0 Å². The van der Waals surface area contributed by atoms with Crippen molar-refractivity contribution in [1.82, 2.24) is 5.32 Å². The van der Waals surface area contributed by atoms with Gasteiger partial charge in [0, 0.05) is 12.6 Å². The van der Waals surface area contributed by atoms with E-state index < -0.39 is 6.10 Å². The monoisotopic (exact) mass is 255 g/mol. The van der Waals surface area contributed by atoms with Gasteiger partial charge in [-0.2, -0.15) is 0 Å². The van der Waals surface area contributed by atoms with Crippen LogP contribution < -0.4 is 5.32 Å². The van der Waals surface area contributed by atoms with Crippen LogP contribution in [0.1, 0.15) is 29.7 Å². The largest absolute Gasteiger partial charge is 0.387 e. The molecule has 0 fully saturated rings. The average molecular weight is 255 g/mol. The zero-order valence-electron chi connectivity index (χ0n) is 11.5. The van der Waals surface area contributed by atoms with Crippen molar-refractivity contribution >= 4 is 0 Å². The molecule has 0 saturated heterocycles. The van der Waals surface area contributed by atoms with Gasteiger partial charge in [0.1, 0.15) is 0 Å². The van der Waals surface area contributed by atoms with Crippen molar-refractivity contribution in [3.63, 3.8) is 0 Å². The number of rotatable bonds is 5. The van der Waals surface area contributed by atoms with Crippen LogP contribution in [0.5, 0.6) is 0 Å². The van der Waals surface area contributed by atoms with Crippen LogP contribution >= 0.6 is 0 Å². The van der Waals surface area contributed by atoms with E-state index in [1.165, 1.54) is 11.1 Å². The lowest BCUT2D eigenvalue weighted by Gasteiger charge is -2.21. The zero-order chi connectivity index (χ0) is 13.7. The molecule has 0 aliphatic rings. The quantitative estimate of drug-likeness (QED) is 0.860. The van der Waals surface area contributed by atoms with Crippen molar-refractivity contribution < 1.29 is 5.11 Å². The normalized spacial score (nSPS) is 14.1. The van der Waals surface area contributed by atoms with E-state index in [1.807, 2.05) is 56.3 Å². The molecule has 0 saturated carbocycles. The van der Waals surface area contributed by atoms with Gasteiger partial charge in [-0.05, 0) is 25.0 Å². The van der Waals surface area contributed by atoms with Crippen LogP contribution in [0.4, 0.5) is 0 Å². The lowest BCUT2D eigenvalue weighted by atomic mass is 10.0. The average Bonchev–Trinajstić information content (AvgIpc) is 2.46. The molecule has 2 atom stereocenters. The summed E-state index contributed by atoms with van der Waals surface area (Å²) >= 11 is 0. The Balaban J connectivity index is 1.92. The summed E-state index contributed by atoms with van der Waals surface area (Å²) in [6.45, 7) is 4.83. The minimum Gasteiger partial charge on any atom is -0.387 e. The van der Waals surface area contributed by atoms with Crippen LogP contribution in [0, 0.1) is 6.92 Å². The molecule has 0 spiro atoms. The first kappa shape index (κ1) is 13.8. The third-order valence-corrected chi connectivity index (χ3v) is 3.36. The second-order valence-electron chi connectivity index (χ2n) is 5.01. The van der Waals surface area contributed by atoms with Gasteiger partial charge >= 0.3 is 0 Å². The van der Waals surface area contributed by atoms with E-state index in [0.29, 0.717) is 0 Å². The minimum absolute atomic E-state index is 0.0166. The third-order valence-electron chi connectivity index (χ3n) is 3.36. The highest BCUT2D eigenvalue weighted by atomic mass is 16.3. The summed E-state index contributed by atoms with van der Waals surface area (Å²) in [5.74, 6) is 0. The topological polar surface area (TPSA) is 32.3 Å². The number of aliphatic hydroxyl groups is 1. The number of aliphatic hydroxyl groups excluding tert-OH is 1. The van der Waals surface area contributed by atoms with Crippen molar-refractivity contribution in [2.45, 2.75) is 32.5 Å². The fourth-order valence-electron chi connectivity index (χ4n) is 2.04. The first-order valence-corrected chi connectivity index (χ1v) is 6.69. The molecule has 0 radical (unpaired) electrons. The Morgan fingerprint density at radius 1 is 1.00 bits per heavy atom. The number of aryl methyl sites for hydroxylation is 1. The van der Waals surface area contributed by atoms with Gasteiger partial charge in [-0.25, -0.2) is 0 Å². The number of hydrogen-bond acceptors (Lipinski definition) is 2. The van der Waals surface area contributed by atoms with Crippen molar-refractivity contribution in [2.75, 3.05) is 0 Å². The maximum absolute atomic E-state index is 10.3. The first-order chi connectivity index (χ1) is 9.16. The van der Waals surface area contributed by atoms with E-state index >= 15 is 0 Å². The van der Waals surface area contributed by atoms with Gasteiger partial charge in [0.2, 0.25) is 0 Å². The summed E-state index contributed by atoms with van der Waals surface area (Å²) in [6.07, 6.45) is -0.482. The van der Waals surface area contributed by atoms with Crippen LogP contribution in [0.25, 0.3) is 0 Å². The van der Waals surface area contributed by atoms with Gasteiger partial charge in [0.15, 0.2) is 0 Å². The summed E-state index contributed by atoms with van der Waals surface area (Å²) in [5.41, 5.74) is 3.39. The van der Waals surface area contributed by atoms with E-state index in [1.54, 1.807) is 0 Å². The van der Waals surface area contributed by atoms with Crippen LogP contribution in [0.3, 0.4) is 0 Å². The smallest absolute Gasteiger partial charge is 0.0940 e. The standard InChI is InChI=1S/C17H21NO/c1-13-8-10-16(11-9-13)17(19)14(2)18-12-15-6-4-3-5-7-15/h3-11,14,17-19H,12H2,1-2H3. The van der Waals surface area contributed by atoms with Gasteiger partial charge in [-0.15, -0.1) is 0 Å². The molecule has 0 heterocycles. The lowest BCUT2D eigenvalue weighted by molar-refractivity contribution is 0.135. The molecule has 100 valence electrons. The van der Waals surface area contributed by atoms with E-state index in [4.69, 9.17) is 0 Å². The van der Waals surface area contributed by atoms with Gasteiger partial charge in [-0.3, -0.25) is 0 Å². The highest BCUT2D eigenvalue weighted by Crippen LogP contribution is 2.17. The van der Waals surface area contributed by atoms with Crippen molar-refractivity contribution in [1.29, 1.82) is 0 Å². The molecule has 2 aromatic rings. The summed E-state index contributed by atoms with van der Waals surface area (Å²) in [5, 5.41) is 13.7. The second-order valence-corrected chi connectivity index (χ2v) is 5.01. The molecule has 2 heteroatoms. The van der Waals surface area contributed by atoms with E-state index in [0.717, 1.165) is 12.1 Å². The van der Waals surface area contributed by atoms with E-state index in [9.17, 15) is 5.11 Å². The molecule has 2 N–H and O–H groups in total. The molecule has 2 aromatic carbocycles. The van der Waals surface area contributed by atoms with Crippen molar-refractivity contribution in [3.05, 3.63) is 71.3 Å². The van der Waals surface area contributed by atoms with Gasteiger partial charge in [-0.1, -0.05) is 60.2 Å². The van der Waals surface area contributed by atoms with E-state index in [2.05, 4.69) is 17.4 Å². The van der Waals surface area contributed by atoms with E-state index in [-0.39, 0.29) is 6.04 Å². The Kier molecular flexibility index (Phi) is 4.72. The first-order valence-electron chi connectivity index (χ1n) is 6.69. The Bertz CT molecular complexity index is 492. The Labute approximate surface area is 115 Å². The minimum atomic E-state index is -0.482. The fourth-order valence-corrected chi connectivity index (χ4v) is 2.04. The molecule has 0 amide bonds. The van der Waals surface area contributed by atoms with Crippen LogP contribution in [-0.2, 0) is 6.54 Å². The van der Waals surface area contributed by atoms with Crippen LogP contribution in [-0.4, -0.2) is 11.1 Å². The highest BCUT2D eigenvalue weighted by molar-refractivity contribution is 5.24. The summed E-state index contributed by atoms with van der Waals surface area (Å²) in [7, 11) is 0. The molecule has 2 unspecified atom stereocenters. The summed E-state index contributed by atoms with van der Waals surface area (Å²) in [6, 6.07) is 18.3. The molecule has 0 bridgehead atoms. The number of nitrogens with one attached hydrogen (secondary N) is 1. The Morgan fingerprint density at radius 3 is 2.26 bits per heavy atom. The Hall–Kier alpha value is -1.64. The molecule has 19 heavy (non-hydrogen) atoms. The van der Waals surface area contributed by atoms with Gasteiger partial charge < -0.3 is 10.4 Å². The summed E-state index contributed by atoms with van der Waals surface area (Å²) < 4.78 is 0. The van der Waals surface area contributed by atoms with Crippen LogP contribution in [0.2, 0.25) is 0 Å². The van der Waals surface area contributed by atoms with Crippen molar-refractivity contribution in [2.24, 2.45) is 0 Å². The molecule has 0 aromatic heterocycles. The number of hydrogen-bond donors (Lipinski definition) is 2. The SMILES string of the molecule is Cc1ccc(C(O)C(C)NCc2ccccc2)cc1. The van der Waals surface area contributed by atoms with Crippen LogP contribution in [0.15, 0.2) is 54.6 Å². The third kappa shape index (κ3) is 3.91. The maximum Gasteiger partial charge on any atom is 0.0940 e. The molecule has 2 rings (SSSR count). The predicted octanol–water partition coefficient (Wildman–Crippen LogP) is 3.21. The second kappa shape index (κ2) is 6.50. The molecule has 0 aliphatic heterocycles. The molecular formula is C17H21NO. The summed E-state index contributed by atoms with van der Waals surface area (Å²) in [4.78, 5) is 0. The maximum atomic E-state index is 10.3. The molecule has 0 aliphatic carbocycles. The lowest BCUT2D eigenvalue weighted by Crippen LogP contribution is -2.31. The van der Waals surface area contributed by atoms with Crippen molar-refractivity contribution in [3.8, 4) is 0 Å². The highest BCUT2D eigenvalue weighted by Gasteiger charge is 2.15. The predicted molar refractivity (Wildman–Crippen MR) is 78.9 cm³/mol. The zero-order valence-corrected chi connectivity index (χ0v) is 11.5. The molecular weight excluding hydrogens is 234 g/mol. The number of benzene rings is 2. The van der Waals surface area contributed by atoms with Gasteiger partial charge in [0.05, 0.1) is 6.10 Å². The Morgan fingerprint density at radius 2 is 1.63 bits per heavy atom. The fraction of sp³-hybridized carbons (Fsp3) is 0.294.